The van der Waals surface area contributed by atoms with E-state index in [9.17, 15) is 12.8 Å². The Balaban J connectivity index is 2.32. The quantitative estimate of drug-likeness (QED) is 0.810. The fraction of sp³-hybridized carbons (Fsp3) is 1.00. The lowest BCUT2D eigenvalue weighted by Crippen LogP contribution is -2.35. The number of hydrogen-bond acceptors (Lipinski definition) is 3. The molecule has 5 heteroatoms. The van der Waals surface area contributed by atoms with Crippen LogP contribution in [-0.2, 0) is 9.84 Å². The zero-order valence-corrected chi connectivity index (χ0v) is 10.7. The molecule has 0 radical (unpaired) electrons. The first-order valence-electron chi connectivity index (χ1n) is 6.02. The molecule has 1 aliphatic carbocycles. The average molecular weight is 251 g/mol. The standard InChI is InChI=1S/C11H22FNO2S/c1-2-16(14,15)9-3-6-11(12)7-4-10(13)5-8-11/h10H,2-9,13H2,1H3. The highest BCUT2D eigenvalue weighted by atomic mass is 32.2. The Bertz CT molecular complexity index is 308. The largest absolute Gasteiger partial charge is 0.328 e. The van der Waals surface area contributed by atoms with Crippen LogP contribution in [0.4, 0.5) is 4.39 Å². The summed E-state index contributed by atoms with van der Waals surface area (Å²) >= 11 is 0. The van der Waals surface area contributed by atoms with Crippen molar-refractivity contribution in [2.45, 2.75) is 57.2 Å². The summed E-state index contributed by atoms with van der Waals surface area (Å²) in [6.07, 6.45) is 3.20. The fourth-order valence-corrected chi connectivity index (χ4v) is 3.03. The van der Waals surface area contributed by atoms with E-state index < -0.39 is 15.5 Å². The van der Waals surface area contributed by atoms with E-state index in [-0.39, 0.29) is 17.5 Å². The van der Waals surface area contributed by atoms with E-state index >= 15 is 0 Å². The maximum absolute atomic E-state index is 14.2. The lowest BCUT2D eigenvalue weighted by Gasteiger charge is -2.32. The summed E-state index contributed by atoms with van der Waals surface area (Å²) in [4.78, 5) is 0. The molecule has 0 aromatic carbocycles. The normalized spacial score (nSPS) is 31.6. The molecule has 1 rings (SSSR count). The predicted octanol–water partition coefficient (Wildman–Crippen LogP) is 1.81. The van der Waals surface area contributed by atoms with Crippen molar-refractivity contribution < 1.29 is 12.8 Å². The van der Waals surface area contributed by atoms with Gasteiger partial charge in [-0.1, -0.05) is 6.92 Å². The number of hydrogen-bond donors (Lipinski definition) is 1. The number of halogens is 1. The molecule has 1 saturated carbocycles. The van der Waals surface area contributed by atoms with Gasteiger partial charge in [0.25, 0.3) is 0 Å². The zero-order chi connectivity index (χ0) is 12.2. The summed E-state index contributed by atoms with van der Waals surface area (Å²) < 4.78 is 36.7. The minimum Gasteiger partial charge on any atom is -0.328 e. The zero-order valence-electron chi connectivity index (χ0n) is 9.91. The molecule has 1 fully saturated rings. The maximum atomic E-state index is 14.2. The van der Waals surface area contributed by atoms with Crippen molar-refractivity contribution in [2.24, 2.45) is 5.73 Å². The van der Waals surface area contributed by atoms with Crippen LogP contribution in [0.5, 0.6) is 0 Å². The molecule has 0 unspecified atom stereocenters. The molecule has 0 amide bonds. The maximum Gasteiger partial charge on any atom is 0.150 e. The molecular weight excluding hydrogens is 229 g/mol. The van der Waals surface area contributed by atoms with E-state index in [2.05, 4.69) is 0 Å². The summed E-state index contributed by atoms with van der Waals surface area (Å²) in [6.45, 7) is 1.63. The van der Waals surface area contributed by atoms with Crippen molar-refractivity contribution in [3.8, 4) is 0 Å². The van der Waals surface area contributed by atoms with E-state index in [0.717, 1.165) is 12.8 Å². The smallest absolute Gasteiger partial charge is 0.150 e. The third-order valence-corrected chi connectivity index (χ3v) is 5.24. The molecule has 1 aliphatic rings. The lowest BCUT2D eigenvalue weighted by molar-refractivity contribution is 0.0885. The molecule has 0 aromatic heterocycles. The Morgan fingerprint density at radius 3 is 2.44 bits per heavy atom. The number of nitrogens with two attached hydrogens (primary N) is 1. The number of alkyl halides is 1. The first-order valence-corrected chi connectivity index (χ1v) is 7.84. The molecular formula is C11H22FNO2S. The Morgan fingerprint density at radius 1 is 1.38 bits per heavy atom. The third-order valence-electron chi connectivity index (χ3n) is 3.45. The van der Waals surface area contributed by atoms with Gasteiger partial charge in [-0.25, -0.2) is 12.8 Å². The van der Waals surface area contributed by atoms with Gasteiger partial charge in [-0.2, -0.15) is 0 Å². The Kier molecular flexibility index (Phi) is 4.73. The van der Waals surface area contributed by atoms with Gasteiger partial charge < -0.3 is 5.73 Å². The SMILES string of the molecule is CCS(=O)(=O)CCCC1(F)CCC(N)CC1. The van der Waals surface area contributed by atoms with Gasteiger partial charge >= 0.3 is 0 Å². The van der Waals surface area contributed by atoms with Crippen molar-refractivity contribution in [3.05, 3.63) is 0 Å². The van der Waals surface area contributed by atoms with Crippen molar-refractivity contribution in [1.82, 2.24) is 0 Å². The van der Waals surface area contributed by atoms with E-state index in [1.807, 2.05) is 0 Å². The van der Waals surface area contributed by atoms with Crippen molar-refractivity contribution >= 4 is 9.84 Å². The van der Waals surface area contributed by atoms with Crippen LogP contribution in [0.15, 0.2) is 0 Å². The Morgan fingerprint density at radius 2 is 1.94 bits per heavy atom. The number of rotatable bonds is 5. The molecule has 16 heavy (non-hydrogen) atoms. The third kappa shape index (κ3) is 4.37. The van der Waals surface area contributed by atoms with Gasteiger partial charge in [0.05, 0.1) is 5.75 Å². The summed E-state index contributed by atoms with van der Waals surface area (Å²) in [5, 5.41) is 0. The van der Waals surface area contributed by atoms with Crippen molar-refractivity contribution in [3.63, 3.8) is 0 Å². The molecule has 0 heterocycles. The van der Waals surface area contributed by atoms with E-state index in [1.54, 1.807) is 6.92 Å². The van der Waals surface area contributed by atoms with Crippen LogP contribution >= 0.6 is 0 Å². The van der Waals surface area contributed by atoms with E-state index in [1.165, 1.54) is 0 Å². The van der Waals surface area contributed by atoms with Crippen LogP contribution in [0.25, 0.3) is 0 Å². The van der Waals surface area contributed by atoms with Gasteiger partial charge in [0.2, 0.25) is 0 Å². The average Bonchev–Trinajstić information content (AvgIpc) is 2.23. The summed E-state index contributed by atoms with van der Waals surface area (Å²) in [5.41, 5.74) is 4.55. The molecule has 0 bridgehead atoms. The summed E-state index contributed by atoms with van der Waals surface area (Å²) in [5.74, 6) is 0.262. The van der Waals surface area contributed by atoms with Crippen LogP contribution in [0.2, 0.25) is 0 Å². The molecule has 0 saturated heterocycles. The highest BCUT2D eigenvalue weighted by molar-refractivity contribution is 7.91. The summed E-state index contributed by atoms with van der Waals surface area (Å²) in [7, 11) is -2.95. The van der Waals surface area contributed by atoms with Crippen LogP contribution in [0.1, 0.15) is 45.4 Å². The van der Waals surface area contributed by atoms with Crippen LogP contribution < -0.4 is 5.73 Å². The second-order valence-electron chi connectivity index (χ2n) is 4.83. The van der Waals surface area contributed by atoms with Crippen LogP contribution in [-0.4, -0.2) is 31.6 Å². The van der Waals surface area contributed by atoms with Gasteiger partial charge in [-0.05, 0) is 38.5 Å². The predicted molar refractivity (Wildman–Crippen MR) is 63.8 cm³/mol. The highest BCUT2D eigenvalue weighted by Crippen LogP contribution is 2.35. The number of sulfone groups is 1. The highest BCUT2D eigenvalue weighted by Gasteiger charge is 2.33. The lowest BCUT2D eigenvalue weighted by atomic mass is 9.81. The first-order chi connectivity index (χ1) is 7.37. The van der Waals surface area contributed by atoms with Crippen LogP contribution in [0, 0.1) is 0 Å². The molecule has 2 N–H and O–H groups in total. The minimum atomic E-state index is -2.95. The summed E-state index contributed by atoms with van der Waals surface area (Å²) in [6, 6.07) is 0.128. The van der Waals surface area contributed by atoms with Crippen molar-refractivity contribution in [1.29, 1.82) is 0 Å². The fourth-order valence-electron chi connectivity index (χ4n) is 2.16. The first kappa shape index (κ1) is 13.9. The van der Waals surface area contributed by atoms with Gasteiger partial charge in [0, 0.05) is 11.8 Å². The molecule has 0 aliphatic heterocycles. The van der Waals surface area contributed by atoms with Gasteiger partial charge in [0.15, 0.2) is 0 Å². The molecule has 0 spiro atoms. The van der Waals surface area contributed by atoms with Crippen molar-refractivity contribution in [2.75, 3.05) is 11.5 Å². The second kappa shape index (κ2) is 5.45. The van der Waals surface area contributed by atoms with Gasteiger partial charge in [0.1, 0.15) is 15.5 Å². The van der Waals surface area contributed by atoms with Gasteiger partial charge in [-0.3, -0.25) is 0 Å². The van der Waals surface area contributed by atoms with E-state index in [4.69, 9.17) is 5.73 Å². The van der Waals surface area contributed by atoms with Crippen LogP contribution in [0.3, 0.4) is 0 Å². The minimum absolute atomic E-state index is 0.112. The Hall–Kier alpha value is -0.160. The Labute approximate surface area is 97.5 Å². The van der Waals surface area contributed by atoms with E-state index in [0.29, 0.717) is 25.7 Å². The van der Waals surface area contributed by atoms with Gasteiger partial charge in [-0.15, -0.1) is 0 Å². The monoisotopic (exact) mass is 251 g/mol. The topological polar surface area (TPSA) is 60.2 Å². The molecule has 0 atom stereocenters. The second-order valence-corrected chi connectivity index (χ2v) is 7.30. The molecule has 96 valence electrons. The molecule has 0 aromatic rings. The molecule has 3 nitrogen and oxygen atoms in total.